The maximum absolute atomic E-state index is 12.2. The highest BCUT2D eigenvalue weighted by molar-refractivity contribution is 5.78. The van der Waals surface area contributed by atoms with Crippen LogP contribution in [0.25, 0.3) is 0 Å². The molecule has 3 rings (SSSR count). The van der Waals surface area contributed by atoms with E-state index in [1.807, 2.05) is 25.2 Å². The minimum atomic E-state index is -0.0429. The Morgan fingerprint density at radius 1 is 1.45 bits per heavy atom. The second-order valence-corrected chi connectivity index (χ2v) is 5.12. The minimum absolute atomic E-state index is 0.0244. The Morgan fingerprint density at radius 3 is 2.90 bits per heavy atom. The average molecular weight is 271 g/mol. The summed E-state index contributed by atoms with van der Waals surface area (Å²) in [5.41, 5.74) is 0.775. The van der Waals surface area contributed by atoms with Gasteiger partial charge in [-0.3, -0.25) is 14.5 Å². The summed E-state index contributed by atoms with van der Waals surface area (Å²) in [6.45, 7) is 0. The number of aromatic nitrogens is 4. The fourth-order valence-electron chi connectivity index (χ4n) is 2.30. The Kier molecular flexibility index (Phi) is 3.45. The molecule has 6 nitrogen and oxygen atoms in total. The van der Waals surface area contributed by atoms with Crippen molar-refractivity contribution >= 4 is 5.91 Å². The minimum Gasteiger partial charge on any atom is -0.345 e. The zero-order valence-corrected chi connectivity index (χ0v) is 11.4. The van der Waals surface area contributed by atoms with E-state index in [9.17, 15) is 4.79 Å². The first-order valence-electron chi connectivity index (χ1n) is 6.77. The molecular weight excluding hydrogens is 254 g/mol. The number of hydrogen-bond donors (Lipinski definition) is 1. The monoisotopic (exact) mass is 271 g/mol. The lowest BCUT2D eigenvalue weighted by molar-refractivity contribution is -0.121. The highest BCUT2D eigenvalue weighted by Crippen LogP contribution is 2.40. The van der Waals surface area contributed by atoms with E-state index < -0.39 is 0 Å². The van der Waals surface area contributed by atoms with Gasteiger partial charge in [-0.1, -0.05) is 6.07 Å². The third-order valence-corrected chi connectivity index (χ3v) is 3.50. The van der Waals surface area contributed by atoms with Crippen molar-refractivity contribution in [3.63, 3.8) is 0 Å². The molecule has 0 aromatic carbocycles. The summed E-state index contributed by atoms with van der Waals surface area (Å²) >= 11 is 0. The fraction of sp³-hybridized carbons (Fsp3) is 0.429. The summed E-state index contributed by atoms with van der Waals surface area (Å²) in [5, 5.41) is 7.15. The average Bonchev–Trinajstić information content (AvgIpc) is 3.20. The summed E-state index contributed by atoms with van der Waals surface area (Å²) in [7, 11) is 1.85. The maximum atomic E-state index is 12.2. The molecule has 104 valence electrons. The number of amides is 1. The van der Waals surface area contributed by atoms with Crippen LogP contribution in [-0.2, 0) is 18.3 Å². The second kappa shape index (κ2) is 5.40. The summed E-state index contributed by atoms with van der Waals surface area (Å²) in [6.07, 6.45) is 5.77. The van der Waals surface area contributed by atoms with Gasteiger partial charge >= 0.3 is 0 Å². The smallest absolute Gasteiger partial charge is 0.226 e. The molecule has 1 atom stereocenters. The van der Waals surface area contributed by atoms with Crippen molar-refractivity contribution in [3.05, 3.63) is 42.2 Å². The number of nitrogens with zero attached hydrogens (tertiary/aromatic N) is 4. The van der Waals surface area contributed by atoms with Gasteiger partial charge in [0, 0.05) is 18.9 Å². The molecule has 20 heavy (non-hydrogen) atoms. The number of nitrogens with one attached hydrogen (secondary N) is 1. The largest absolute Gasteiger partial charge is 0.345 e. The molecule has 0 bridgehead atoms. The Labute approximate surface area is 117 Å². The van der Waals surface area contributed by atoms with Crippen LogP contribution in [0, 0.1) is 5.92 Å². The van der Waals surface area contributed by atoms with Crippen molar-refractivity contribution in [2.24, 2.45) is 13.0 Å². The molecule has 0 aliphatic heterocycles. The molecule has 0 spiro atoms. The SMILES string of the molecule is Cn1ncnc1[C@@H](NC(=O)Cc1ccccn1)C1CC1. The number of hydrogen-bond acceptors (Lipinski definition) is 4. The van der Waals surface area contributed by atoms with Crippen molar-refractivity contribution in [1.82, 2.24) is 25.1 Å². The van der Waals surface area contributed by atoms with Crippen molar-refractivity contribution in [1.29, 1.82) is 0 Å². The molecule has 1 aliphatic carbocycles. The molecule has 2 aromatic heterocycles. The number of carbonyl (C=O) groups is 1. The summed E-state index contributed by atoms with van der Waals surface area (Å²) < 4.78 is 1.73. The molecule has 1 saturated carbocycles. The van der Waals surface area contributed by atoms with Crippen LogP contribution in [0.15, 0.2) is 30.7 Å². The van der Waals surface area contributed by atoms with Gasteiger partial charge in [0.15, 0.2) is 0 Å². The summed E-state index contributed by atoms with van der Waals surface area (Å²) in [6, 6.07) is 5.54. The predicted octanol–water partition coefficient (Wildman–Crippen LogP) is 1.02. The number of carbonyl (C=O) groups excluding carboxylic acids is 1. The highest BCUT2D eigenvalue weighted by Gasteiger charge is 2.35. The molecule has 6 heteroatoms. The Morgan fingerprint density at radius 2 is 2.30 bits per heavy atom. The fourth-order valence-corrected chi connectivity index (χ4v) is 2.30. The van der Waals surface area contributed by atoms with Crippen LogP contribution in [-0.4, -0.2) is 25.7 Å². The van der Waals surface area contributed by atoms with Gasteiger partial charge in [-0.05, 0) is 30.9 Å². The molecule has 2 heterocycles. The van der Waals surface area contributed by atoms with E-state index in [1.165, 1.54) is 6.33 Å². The van der Waals surface area contributed by atoms with E-state index >= 15 is 0 Å². The third kappa shape index (κ3) is 2.84. The molecular formula is C14H17N5O. The van der Waals surface area contributed by atoms with Gasteiger partial charge < -0.3 is 5.32 Å². The van der Waals surface area contributed by atoms with E-state index in [-0.39, 0.29) is 11.9 Å². The van der Waals surface area contributed by atoms with Crippen LogP contribution in [0.2, 0.25) is 0 Å². The van der Waals surface area contributed by atoms with Crippen LogP contribution < -0.4 is 5.32 Å². The summed E-state index contributed by atoms with van der Waals surface area (Å²) in [5.74, 6) is 1.27. The van der Waals surface area contributed by atoms with Gasteiger partial charge in [0.2, 0.25) is 5.91 Å². The van der Waals surface area contributed by atoms with Gasteiger partial charge in [0.1, 0.15) is 12.2 Å². The molecule has 1 N–H and O–H groups in total. The normalized spacial score (nSPS) is 15.8. The summed E-state index contributed by atoms with van der Waals surface area (Å²) in [4.78, 5) is 20.6. The van der Waals surface area contributed by atoms with Gasteiger partial charge in [-0.15, -0.1) is 0 Å². The van der Waals surface area contributed by atoms with E-state index in [0.717, 1.165) is 24.4 Å². The van der Waals surface area contributed by atoms with Gasteiger partial charge in [-0.2, -0.15) is 5.10 Å². The Bertz CT molecular complexity index is 591. The zero-order valence-electron chi connectivity index (χ0n) is 11.4. The van der Waals surface area contributed by atoms with E-state index in [1.54, 1.807) is 10.9 Å². The molecule has 0 radical (unpaired) electrons. The lowest BCUT2D eigenvalue weighted by atomic mass is 10.1. The van der Waals surface area contributed by atoms with Crippen molar-refractivity contribution < 1.29 is 4.79 Å². The first-order valence-corrected chi connectivity index (χ1v) is 6.77. The Balaban J connectivity index is 1.68. The number of rotatable bonds is 5. The van der Waals surface area contributed by atoms with E-state index in [2.05, 4.69) is 20.4 Å². The van der Waals surface area contributed by atoms with Crippen molar-refractivity contribution in [2.45, 2.75) is 25.3 Å². The lowest BCUT2D eigenvalue weighted by Crippen LogP contribution is -2.33. The zero-order chi connectivity index (χ0) is 13.9. The van der Waals surface area contributed by atoms with Crippen molar-refractivity contribution in [2.75, 3.05) is 0 Å². The first kappa shape index (κ1) is 12.8. The van der Waals surface area contributed by atoms with Gasteiger partial charge in [-0.25, -0.2) is 4.98 Å². The van der Waals surface area contributed by atoms with Crippen LogP contribution >= 0.6 is 0 Å². The van der Waals surface area contributed by atoms with Gasteiger partial charge in [0.25, 0.3) is 0 Å². The predicted molar refractivity (Wildman–Crippen MR) is 72.6 cm³/mol. The van der Waals surface area contributed by atoms with Crippen LogP contribution in [0.3, 0.4) is 0 Å². The third-order valence-electron chi connectivity index (χ3n) is 3.50. The second-order valence-electron chi connectivity index (χ2n) is 5.12. The van der Waals surface area contributed by atoms with Crippen LogP contribution in [0.5, 0.6) is 0 Å². The number of aryl methyl sites for hydroxylation is 1. The first-order chi connectivity index (χ1) is 9.74. The van der Waals surface area contributed by atoms with Crippen LogP contribution in [0.4, 0.5) is 0 Å². The maximum Gasteiger partial charge on any atom is 0.226 e. The number of pyridine rings is 1. The lowest BCUT2D eigenvalue weighted by Gasteiger charge is -2.17. The Hall–Kier alpha value is -2.24. The van der Waals surface area contributed by atoms with Crippen LogP contribution in [0.1, 0.15) is 30.4 Å². The molecule has 0 unspecified atom stereocenters. The van der Waals surface area contributed by atoms with Gasteiger partial charge in [0.05, 0.1) is 12.5 Å². The highest BCUT2D eigenvalue weighted by atomic mass is 16.1. The quantitative estimate of drug-likeness (QED) is 0.881. The molecule has 2 aromatic rings. The van der Waals surface area contributed by atoms with E-state index in [0.29, 0.717) is 12.3 Å². The van der Waals surface area contributed by atoms with Crippen molar-refractivity contribution in [3.8, 4) is 0 Å². The molecule has 0 saturated heterocycles. The standard InChI is InChI=1S/C14H17N5O/c1-19-14(16-9-17-19)13(10-5-6-10)18-12(20)8-11-4-2-3-7-15-11/h2-4,7,9-10,13H,5-6,8H2,1H3,(H,18,20)/t13-/m0/s1. The molecule has 1 amide bonds. The molecule has 1 fully saturated rings. The van der Waals surface area contributed by atoms with E-state index in [4.69, 9.17) is 0 Å². The topological polar surface area (TPSA) is 72.7 Å². The molecule has 1 aliphatic rings.